The quantitative estimate of drug-likeness (QED) is 0.441. The average Bonchev–Trinajstić information content (AvgIpc) is 3.09. The van der Waals surface area contributed by atoms with E-state index in [1.807, 2.05) is 32.9 Å². The fourth-order valence-corrected chi connectivity index (χ4v) is 3.99. The van der Waals surface area contributed by atoms with Crippen LogP contribution in [0.25, 0.3) is 0 Å². The summed E-state index contributed by atoms with van der Waals surface area (Å²) in [6, 6.07) is 7.38. The molecule has 0 atom stereocenters. The zero-order valence-corrected chi connectivity index (χ0v) is 21.6. The zero-order valence-electron chi connectivity index (χ0n) is 20.8. The highest BCUT2D eigenvalue weighted by Crippen LogP contribution is 2.25. The number of aryl methyl sites for hydroxylation is 2. The van der Waals surface area contributed by atoms with Crippen LogP contribution < -0.4 is 20.7 Å². The van der Waals surface area contributed by atoms with E-state index in [-0.39, 0.29) is 17.4 Å². The molecule has 186 valence electrons. The Balaban J connectivity index is 1.96. The van der Waals surface area contributed by atoms with Crippen molar-refractivity contribution in [1.29, 1.82) is 0 Å². The van der Waals surface area contributed by atoms with Crippen LogP contribution >= 0.6 is 11.3 Å². The van der Waals surface area contributed by atoms with E-state index >= 15 is 0 Å². The summed E-state index contributed by atoms with van der Waals surface area (Å²) in [5, 5.41) is 9.37. The number of hydrogen-bond donors (Lipinski definition) is 3. The summed E-state index contributed by atoms with van der Waals surface area (Å²) in [6.07, 6.45) is 1.36. The lowest BCUT2D eigenvalue weighted by molar-refractivity contribution is -0.128. The molecular weight excluding hydrogens is 454 g/mol. The molecule has 34 heavy (non-hydrogen) atoms. The first-order chi connectivity index (χ1) is 15.9. The second kappa shape index (κ2) is 12.5. The van der Waals surface area contributed by atoms with Crippen molar-refractivity contribution in [2.45, 2.75) is 59.0 Å². The van der Waals surface area contributed by atoms with Crippen LogP contribution in [0.5, 0.6) is 5.75 Å². The third kappa shape index (κ3) is 9.88. The largest absolute Gasteiger partial charge is 0.413 e. The minimum atomic E-state index is -0.488. The topological polar surface area (TPSA) is 113 Å². The van der Waals surface area contributed by atoms with E-state index in [2.05, 4.69) is 20.9 Å². The van der Waals surface area contributed by atoms with Gasteiger partial charge in [-0.15, -0.1) is 11.3 Å². The molecule has 0 aliphatic carbocycles. The van der Waals surface area contributed by atoms with Gasteiger partial charge in [-0.2, -0.15) is 0 Å². The lowest BCUT2D eigenvalue weighted by atomic mass is 10.1. The van der Waals surface area contributed by atoms with Crippen molar-refractivity contribution in [3.05, 3.63) is 40.4 Å². The maximum atomic E-state index is 11.9. The predicted molar refractivity (Wildman–Crippen MR) is 134 cm³/mol. The van der Waals surface area contributed by atoms with Crippen LogP contribution in [0.1, 0.15) is 50.3 Å². The van der Waals surface area contributed by atoms with Crippen LogP contribution in [-0.2, 0) is 29.0 Å². The van der Waals surface area contributed by atoms with Gasteiger partial charge in [-0.05, 0) is 51.3 Å². The summed E-state index contributed by atoms with van der Waals surface area (Å²) in [4.78, 5) is 42.3. The smallest absolute Gasteiger partial charge is 0.410 e. The number of nitrogens with one attached hydrogen (secondary N) is 3. The van der Waals surface area contributed by atoms with E-state index in [1.165, 1.54) is 18.3 Å². The molecule has 0 fully saturated rings. The van der Waals surface area contributed by atoms with Gasteiger partial charge >= 0.3 is 6.09 Å². The number of aromatic nitrogens is 1. The Hall–Kier alpha value is -2.98. The minimum Gasteiger partial charge on any atom is -0.410 e. The third-order valence-electron chi connectivity index (χ3n) is 4.62. The second-order valence-electron chi connectivity index (χ2n) is 9.19. The maximum absolute atomic E-state index is 11.9. The number of nitrogens with zero attached hydrogens (tertiary/aromatic N) is 2. The molecule has 1 aromatic carbocycles. The SMILES string of the molecule is CC(=O)Nc1nc(CCc2ccc(OC(=O)NC(C)(C)C)cc2)c(CNCCC(=O)N(C)C)s1. The molecule has 3 N–H and O–H groups in total. The van der Waals surface area contributed by atoms with E-state index in [9.17, 15) is 14.4 Å². The molecule has 0 unspecified atom stereocenters. The van der Waals surface area contributed by atoms with E-state index in [1.54, 1.807) is 31.1 Å². The van der Waals surface area contributed by atoms with Crippen molar-refractivity contribution in [1.82, 2.24) is 20.5 Å². The number of thiazole rings is 1. The maximum Gasteiger partial charge on any atom is 0.413 e. The third-order valence-corrected chi connectivity index (χ3v) is 5.64. The molecule has 10 heteroatoms. The van der Waals surface area contributed by atoms with E-state index < -0.39 is 6.09 Å². The molecule has 0 radical (unpaired) electrons. The first kappa shape index (κ1) is 27.3. The fraction of sp³-hybridized carbons (Fsp3) is 0.500. The Morgan fingerprint density at radius 3 is 2.35 bits per heavy atom. The van der Waals surface area contributed by atoms with Crippen molar-refractivity contribution < 1.29 is 19.1 Å². The number of benzene rings is 1. The monoisotopic (exact) mass is 489 g/mol. The van der Waals surface area contributed by atoms with Crippen LogP contribution in [0.15, 0.2) is 24.3 Å². The van der Waals surface area contributed by atoms with Gasteiger partial charge in [0.15, 0.2) is 5.13 Å². The lowest BCUT2D eigenvalue weighted by Gasteiger charge is -2.19. The van der Waals surface area contributed by atoms with Crippen molar-refractivity contribution in [3.8, 4) is 5.75 Å². The molecule has 1 aromatic heterocycles. The first-order valence-electron chi connectivity index (χ1n) is 11.2. The van der Waals surface area contributed by atoms with Gasteiger partial charge in [0.05, 0.1) is 5.69 Å². The summed E-state index contributed by atoms with van der Waals surface area (Å²) in [7, 11) is 3.48. The Labute approximate surface area is 205 Å². The Morgan fingerprint density at radius 2 is 1.76 bits per heavy atom. The van der Waals surface area contributed by atoms with Crippen LogP contribution in [-0.4, -0.2) is 54.0 Å². The molecule has 0 aliphatic heterocycles. The summed E-state index contributed by atoms with van der Waals surface area (Å²) < 4.78 is 5.32. The zero-order chi connectivity index (χ0) is 25.3. The summed E-state index contributed by atoms with van der Waals surface area (Å²) >= 11 is 1.44. The van der Waals surface area contributed by atoms with Gasteiger partial charge < -0.3 is 25.6 Å². The highest BCUT2D eigenvalue weighted by Gasteiger charge is 2.16. The number of carbonyl (C=O) groups is 3. The Bertz CT molecular complexity index is 980. The number of anilines is 1. The van der Waals surface area contributed by atoms with Crippen LogP contribution in [0, 0.1) is 0 Å². The van der Waals surface area contributed by atoms with Gasteiger partial charge in [-0.25, -0.2) is 9.78 Å². The first-order valence-corrected chi connectivity index (χ1v) is 12.0. The molecule has 0 saturated carbocycles. The molecule has 2 aromatic rings. The molecule has 0 aliphatic rings. The van der Waals surface area contributed by atoms with Gasteiger partial charge in [0.2, 0.25) is 11.8 Å². The lowest BCUT2D eigenvalue weighted by Crippen LogP contribution is -2.42. The summed E-state index contributed by atoms with van der Waals surface area (Å²) in [5.41, 5.74) is 1.62. The minimum absolute atomic E-state index is 0.0688. The number of rotatable bonds is 10. The summed E-state index contributed by atoms with van der Waals surface area (Å²) in [6.45, 7) is 8.26. The fourth-order valence-electron chi connectivity index (χ4n) is 2.97. The van der Waals surface area contributed by atoms with Crippen molar-refractivity contribution in [3.63, 3.8) is 0 Å². The number of amides is 3. The predicted octanol–water partition coefficient (Wildman–Crippen LogP) is 3.34. The number of carbonyl (C=O) groups excluding carboxylic acids is 3. The van der Waals surface area contributed by atoms with Crippen LogP contribution in [0.3, 0.4) is 0 Å². The van der Waals surface area contributed by atoms with E-state index in [0.717, 1.165) is 22.6 Å². The highest BCUT2D eigenvalue weighted by atomic mass is 32.1. The van der Waals surface area contributed by atoms with E-state index in [4.69, 9.17) is 4.74 Å². The molecular formula is C24H35N5O4S. The highest BCUT2D eigenvalue weighted by molar-refractivity contribution is 7.15. The Kier molecular flexibility index (Phi) is 10.0. The van der Waals surface area contributed by atoms with Gasteiger partial charge in [0.1, 0.15) is 5.75 Å². The van der Waals surface area contributed by atoms with Gasteiger partial charge in [-0.3, -0.25) is 9.59 Å². The van der Waals surface area contributed by atoms with Gasteiger partial charge in [0, 0.05) is 50.9 Å². The Morgan fingerprint density at radius 1 is 1.09 bits per heavy atom. The molecule has 9 nitrogen and oxygen atoms in total. The summed E-state index contributed by atoms with van der Waals surface area (Å²) in [5.74, 6) is 0.381. The second-order valence-corrected chi connectivity index (χ2v) is 10.3. The normalized spacial score (nSPS) is 11.1. The molecule has 0 bridgehead atoms. The molecule has 3 amide bonds. The molecule has 0 spiro atoms. The standard InChI is InChI=1S/C24H35N5O4S/c1-16(30)26-22-27-19(20(34-22)15-25-14-13-21(31)29(5)6)12-9-17-7-10-18(11-8-17)33-23(32)28-24(2,3)4/h7-8,10-11,25H,9,12-15H2,1-6H3,(H,28,32)(H,26,27,30). The van der Waals surface area contributed by atoms with Crippen LogP contribution in [0.2, 0.25) is 0 Å². The van der Waals surface area contributed by atoms with Crippen molar-refractivity contribution in [2.24, 2.45) is 0 Å². The van der Waals surface area contributed by atoms with Crippen LogP contribution in [0.4, 0.5) is 9.93 Å². The van der Waals surface area contributed by atoms with Crippen molar-refractivity contribution in [2.75, 3.05) is 26.0 Å². The number of ether oxygens (including phenoxy) is 1. The number of hydrogen-bond acceptors (Lipinski definition) is 7. The van der Waals surface area contributed by atoms with Gasteiger partial charge in [-0.1, -0.05) is 12.1 Å². The average molecular weight is 490 g/mol. The van der Waals surface area contributed by atoms with E-state index in [0.29, 0.717) is 36.8 Å². The van der Waals surface area contributed by atoms with Gasteiger partial charge in [0.25, 0.3) is 0 Å². The molecule has 1 heterocycles. The molecule has 2 rings (SSSR count). The molecule has 0 saturated heterocycles. The van der Waals surface area contributed by atoms with Crippen molar-refractivity contribution >= 4 is 34.4 Å².